The van der Waals surface area contributed by atoms with Crippen molar-refractivity contribution in [1.82, 2.24) is 9.97 Å². The fourth-order valence-corrected chi connectivity index (χ4v) is 7.07. The Morgan fingerprint density at radius 2 is 1.10 bits per heavy atom. The number of aromatic nitrogens is 2. The van der Waals surface area contributed by atoms with Crippen LogP contribution in [0, 0.1) is 11.8 Å². The zero-order valence-corrected chi connectivity index (χ0v) is 28.3. The molecule has 51 heavy (non-hydrogen) atoms. The van der Waals surface area contributed by atoms with Crippen LogP contribution in [0.15, 0.2) is 97.3 Å². The topological polar surface area (TPSA) is 153 Å². The Hall–Kier alpha value is -5.90. The van der Waals surface area contributed by atoms with Gasteiger partial charge in [-0.2, -0.15) is 0 Å². The van der Waals surface area contributed by atoms with Crippen molar-refractivity contribution in [3.8, 4) is 11.5 Å². The summed E-state index contributed by atoms with van der Waals surface area (Å²) in [6, 6.07) is 20.9. The fourth-order valence-electron chi connectivity index (χ4n) is 7.07. The van der Waals surface area contributed by atoms with Gasteiger partial charge in [0, 0.05) is 24.2 Å². The minimum Gasteiger partial charge on any atom is -0.508 e. The maximum Gasteiger partial charge on any atom is 0.317 e. The molecule has 2 aliphatic carbocycles. The van der Waals surface area contributed by atoms with Crippen LogP contribution >= 0.6 is 0 Å². The van der Waals surface area contributed by atoms with E-state index in [0.29, 0.717) is 40.1 Å². The highest BCUT2D eigenvalue weighted by Gasteiger charge is 2.42. The summed E-state index contributed by atoms with van der Waals surface area (Å²) in [4.78, 5) is 62.0. The number of esters is 2. The van der Waals surface area contributed by atoms with Crippen molar-refractivity contribution < 1.29 is 38.9 Å². The molecule has 10 heteroatoms. The lowest BCUT2D eigenvalue weighted by atomic mass is 9.73. The molecule has 260 valence electrons. The van der Waals surface area contributed by atoms with Crippen molar-refractivity contribution in [2.75, 3.05) is 13.2 Å². The molecular weight excluding hydrogens is 648 g/mol. The number of allylic oxidation sites excluding steroid dienone is 4. The maximum atomic E-state index is 13.5. The third-order valence-electron chi connectivity index (χ3n) is 9.39. The number of phenols is 2. The highest BCUT2D eigenvalue weighted by Crippen LogP contribution is 2.45. The molecule has 6 rings (SSSR count). The first-order valence-corrected chi connectivity index (χ1v) is 17.0. The highest BCUT2D eigenvalue weighted by molar-refractivity contribution is 6.11. The van der Waals surface area contributed by atoms with Crippen LogP contribution in [0.1, 0.15) is 72.2 Å². The zero-order valence-electron chi connectivity index (χ0n) is 28.3. The third kappa shape index (κ3) is 7.50. The second-order valence-corrected chi connectivity index (χ2v) is 12.6. The predicted octanol–water partition coefficient (Wildman–Crippen LogP) is 6.12. The Morgan fingerprint density at radius 1 is 0.667 bits per heavy atom. The monoisotopic (exact) mass is 686 g/mol. The Labute approximate surface area is 295 Å². The smallest absolute Gasteiger partial charge is 0.317 e. The lowest BCUT2D eigenvalue weighted by molar-refractivity contribution is -0.153. The minimum absolute atomic E-state index is 0.0636. The molecular formula is C41H38N2O8. The number of rotatable bonds is 10. The van der Waals surface area contributed by atoms with Crippen molar-refractivity contribution in [1.29, 1.82) is 0 Å². The second-order valence-electron chi connectivity index (χ2n) is 12.6. The SMILES string of the molecule is CCOC(=O)C1C(=O)C=C(c2ccccn2)CC1c1cc(Cc2ccc(O)c(C3CC(c4ccccn4)=CC(=O)C3C(=O)OCC)c2)ccc1O. The van der Waals surface area contributed by atoms with Crippen LogP contribution in [0.2, 0.25) is 0 Å². The molecule has 4 atom stereocenters. The molecule has 0 bridgehead atoms. The van der Waals surface area contributed by atoms with Gasteiger partial charge in [0.1, 0.15) is 23.3 Å². The number of hydrogen-bond donors (Lipinski definition) is 2. The number of ketones is 2. The van der Waals surface area contributed by atoms with Crippen LogP contribution in [-0.4, -0.2) is 56.9 Å². The number of carbonyl (C=O) groups is 4. The van der Waals surface area contributed by atoms with E-state index in [-0.39, 0.29) is 37.6 Å². The molecule has 0 spiro atoms. The normalized spacial score (nSPS) is 20.3. The summed E-state index contributed by atoms with van der Waals surface area (Å²) >= 11 is 0. The van der Waals surface area contributed by atoms with Gasteiger partial charge in [-0.05, 0) is 115 Å². The zero-order chi connectivity index (χ0) is 36.1. The van der Waals surface area contributed by atoms with Crippen LogP contribution in [0.25, 0.3) is 11.1 Å². The number of aromatic hydroxyl groups is 2. The Balaban J connectivity index is 1.34. The largest absolute Gasteiger partial charge is 0.508 e. The van der Waals surface area contributed by atoms with Gasteiger partial charge in [0.15, 0.2) is 11.6 Å². The maximum absolute atomic E-state index is 13.5. The number of benzene rings is 2. The van der Waals surface area contributed by atoms with E-state index in [1.807, 2.05) is 12.1 Å². The Morgan fingerprint density at radius 3 is 1.47 bits per heavy atom. The second kappa shape index (κ2) is 15.3. The van der Waals surface area contributed by atoms with Crippen LogP contribution in [0.5, 0.6) is 11.5 Å². The van der Waals surface area contributed by atoms with E-state index < -0.39 is 47.2 Å². The third-order valence-corrected chi connectivity index (χ3v) is 9.39. The van der Waals surface area contributed by atoms with Gasteiger partial charge in [-0.15, -0.1) is 0 Å². The van der Waals surface area contributed by atoms with E-state index >= 15 is 0 Å². The highest BCUT2D eigenvalue weighted by atomic mass is 16.5. The van der Waals surface area contributed by atoms with Gasteiger partial charge in [-0.25, -0.2) is 0 Å². The van der Waals surface area contributed by atoms with E-state index in [9.17, 15) is 29.4 Å². The summed E-state index contributed by atoms with van der Waals surface area (Å²) in [5, 5.41) is 22.3. The molecule has 0 aliphatic heterocycles. The molecule has 2 aromatic carbocycles. The molecule has 0 amide bonds. The Kier molecular flexibility index (Phi) is 10.5. The lowest BCUT2D eigenvalue weighted by Gasteiger charge is -2.30. The van der Waals surface area contributed by atoms with Crippen molar-refractivity contribution in [3.05, 3.63) is 131 Å². The van der Waals surface area contributed by atoms with Gasteiger partial charge in [0.05, 0.1) is 24.6 Å². The summed E-state index contributed by atoms with van der Waals surface area (Å²) in [7, 11) is 0. The average Bonchev–Trinajstić information content (AvgIpc) is 3.13. The van der Waals surface area contributed by atoms with Crippen molar-refractivity contribution in [3.63, 3.8) is 0 Å². The van der Waals surface area contributed by atoms with Crippen molar-refractivity contribution in [2.24, 2.45) is 11.8 Å². The number of ether oxygens (including phenoxy) is 2. The molecule has 2 aromatic heterocycles. The van der Waals surface area contributed by atoms with Gasteiger partial charge in [-0.3, -0.25) is 29.1 Å². The summed E-state index contributed by atoms with van der Waals surface area (Å²) in [5.41, 5.74) is 4.88. The first-order chi connectivity index (χ1) is 24.7. The predicted molar refractivity (Wildman–Crippen MR) is 188 cm³/mol. The van der Waals surface area contributed by atoms with Gasteiger partial charge in [0.25, 0.3) is 0 Å². The number of carbonyl (C=O) groups excluding carboxylic acids is 4. The van der Waals surface area contributed by atoms with E-state index in [2.05, 4.69) is 9.97 Å². The molecule has 0 fully saturated rings. The molecule has 0 saturated heterocycles. The van der Waals surface area contributed by atoms with Crippen LogP contribution in [0.4, 0.5) is 0 Å². The summed E-state index contributed by atoms with van der Waals surface area (Å²) < 4.78 is 10.6. The molecule has 4 aromatic rings. The van der Waals surface area contributed by atoms with E-state index in [1.54, 1.807) is 74.8 Å². The van der Waals surface area contributed by atoms with Crippen LogP contribution in [-0.2, 0) is 35.1 Å². The van der Waals surface area contributed by atoms with E-state index in [1.165, 1.54) is 24.3 Å². The number of phenolic OH excluding ortho intramolecular Hbond substituents is 2. The van der Waals surface area contributed by atoms with Gasteiger partial charge < -0.3 is 19.7 Å². The van der Waals surface area contributed by atoms with E-state index in [4.69, 9.17) is 9.47 Å². The molecule has 0 saturated carbocycles. The molecule has 0 radical (unpaired) electrons. The minimum atomic E-state index is -1.15. The Bertz CT molecular complexity index is 1880. The van der Waals surface area contributed by atoms with Crippen molar-refractivity contribution >= 4 is 34.7 Å². The fraction of sp³-hybridized carbons (Fsp3) is 0.268. The van der Waals surface area contributed by atoms with Crippen LogP contribution in [0.3, 0.4) is 0 Å². The summed E-state index contributed by atoms with van der Waals surface area (Å²) in [6.07, 6.45) is 7.01. The van der Waals surface area contributed by atoms with Gasteiger partial charge >= 0.3 is 11.9 Å². The number of nitrogens with zero attached hydrogens (tertiary/aromatic N) is 2. The molecule has 10 nitrogen and oxygen atoms in total. The van der Waals surface area contributed by atoms with Crippen molar-refractivity contribution in [2.45, 2.75) is 44.9 Å². The molecule has 4 unspecified atom stereocenters. The van der Waals surface area contributed by atoms with Gasteiger partial charge in [0.2, 0.25) is 0 Å². The molecule has 2 N–H and O–H groups in total. The number of pyridine rings is 2. The molecule has 2 aliphatic rings. The van der Waals surface area contributed by atoms with Crippen LogP contribution < -0.4 is 0 Å². The lowest BCUT2D eigenvalue weighted by Crippen LogP contribution is -2.34. The standard InChI is InChI=1S/C41H38N2O8/c1-3-50-40(48)38-30(20-26(22-36(38)46)32-9-5-7-15-42-32)28-18-24(11-13-34(28)44)17-25-12-14-35(45)29(19-25)31-21-27(33-10-6-8-16-43-33)23-37(47)39(31)41(49)51-4-2/h5-16,18-19,22-23,30-31,38-39,44-45H,3-4,17,20-21H2,1-2H3. The number of hydrogen-bond acceptors (Lipinski definition) is 10. The van der Waals surface area contributed by atoms with Gasteiger partial charge in [-0.1, -0.05) is 36.4 Å². The quantitative estimate of drug-likeness (QED) is 0.147. The first kappa shape index (κ1) is 34.9. The average molecular weight is 687 g/mol. The first-order valence-electron chi connectivity index (χ1n) is 17.0. The molecule has 2 heterocycles. The summed E-state index contributed by atoms with van der Waals surface area (Å²) in [5.74, 6) is -6.02. The summed E-state index contributed by atoms with van der Waals surface area (Å²) in [6.45, 7) is 3.55. The van der Waals surface area contributed by atoms with E-state index in [0.717, 1.165) is 11.1 Å².